The molecular weight excluding hydrogens is 330 g/mol. The largest absolute Gasteiger partial charge is 0.456 e. The molecule has 0 radical (unpaired) electrons. The van der Waals surface area contributed by atoms with Crippen molar-refractivity contribution in [2.45, 2.75) is 13.2 Å². The molecule has 4 aromatic rings. The van der Waals surface area contributed by atoms with Gasteiger partial charge in [0.05, 0.1) is 24.0 Å². The van der Waals surface area contributed by atoms with Gasteiger partial charge >= 0.3 is 5.97 Å². The van der Waals surface area contributed by atoms with Gasteiger partial charge in [-0.25, -0.2) is 9.48 Å². The van der Waals surface area contributed by atoms with Gasteiger partial charge in [-0.05, 0) is 35.9 Å². The standard InChI is InChI=1S/C19H15N5O2/c25-19(18-12-24(23-22-18)11-16-5-1-2-8-20-16)26-13-14-6-7-17-15(10-14)4-3-9-21-17/h1-10,12H,11,13H2. The van der Waals surface area contributed by atoms with Gasteiger partial charge in [-0.2, -0.15) is 0 Å². The second-order valence-corrected chi connectivity index (χ2v) is 5.73. The van der Waals surface area contributed by atoms with Crippen molar-refractivity contribution in [2.75, 3.05) is 0 Å². The van der Waals surface area contributed by atoms with E-state index in [0.717, 1.165) is 22.2 Å². The summed E-state index contributed by atoms with van der Waals surface area (Å²) in [6, 6.07) is 15.2. The number of rotatable bonds is 5. The van der Waals surface area contributed by atoms with Gasteiger partial charge in [-0.1, -0.05) is 23.4 Å². The van der Waals surface area contributed by atoms with Crippen molar-refractivity contribution in [3.05, 3.63) is 84.1 Å². The van der Waals surface area contributed by atoms with E-state index in [1.54, 1.807) is 23.3 Å². The average Bonchev–Trinajstić information content (AvgIpc) is 3.15. The summed E-state index contributed by atoms with van der Waals surface area (Å²) in [5.41, 5.74) is 2.80. The lowest BCUT2D eigenvalue weighted by molar-refractivity contribution is 0.0465. The molecule has 0 spiro atoms. The zero-order chi connectivity index (χ0) is 17.8. The van der Waals surface area contributed by atoms with Crippen molar-refractivity contribution in [2.24, 2.45) is 0 Å². The molecule has 0 amide bonds. The first-order valence-corrected chi connectivity index (χ1v) is 8.09. The number of carbonyl (C=O) groups excluding carboxylic acids is 1. The minimum absolute atomic E-state index is 0.163. The van der Waals surface area contributed by atoms with Crippen molar-refractivity contribution in [1.82, 2.24) is 25.0 Å². The summed E-state index contributed by atoms with van der Waals surface area (Å²) < 4.78 is 6.89. The van der Waals surface area contributed by atoms with Gasteiger partial charge in [0.2, 0.25) is 0 Å². The number of hydrogen-bond acceptors (Lipinski definition) is 6. The van der Waals surface area contributed by atoms with Crippen molar-refractivity contribution in [3.63, 3.8) is 0 Å². The van der Waals surface area contributed by atoms with Crippen LogP contribution in [0, 0.1) is 0 Å². The maximum atomic E-state index is 12.2. The van der Waals surface area contributed by atoms with Crippen LogP contribution in [0.25, 0.3) is 10.9 Å². The van der Waals surface area contributed by atoms with E-state index in [1.807, 2.05) is 48.5 Å². The molecule has 0 saturated carbocycles. The highest BCUT2D eigenvalue weighted by atomic mass is 16.5. The van der Waals surface area contributed by atoms with Crippen LogP contribution in [-0.2, 0) is 17.9 Å². The van der Waals surface area contributed by atoms with Crippen LogP contribution in [0.2, 0.25) is 0 Å². The van der Waals surface area contributed by atoms with Crippen LogP contribution in [-0.4, -0.2) is 30.9 Å². The Morgan fingerprint density at radius 2 is 1.96 bits per heavy atom. The first-order valence-electron chi connectivity index (χ1n) is 8.09. The van der Waals surface area contributed by atoms with Gasteiger partial charge in [0.1, 0.15) is 6.61 Å². The Balaban J connectivity index is 1.40. The lowest BCUT2D eigenvalue weighted by atomic mass is 10.1. The zero-order valence-corrected chi connectivity index (χ0v) is 13.8. The zero-order valence-electron chi connectivity index (χ0n) is 13.8. The number of ether oxygens (including phenoxy) is 1. The van der Waals surface area contributed by atoms with E-state index in [2.05, 4.69) is 20.3 Å². The lowest BCUT2D eigenvalue weighted by Gasteiger charge is -2.04. The normalized spacial score (nSPS) is 10.8. The second-order valence-electron chi connectivity index (χ2n) is 5.73. The smallest absolute Gasteiger partial charge is 0.360 e. The van der Waals surface area contributed by atoms with Crippen molar-refractivity contribution >= 4 is 16.9 Å². The van der Waals surface area contributed by atoms with Crippen molar-refractivity contribution in [3.8, 4) is 0 Å². The van der Waals surface area contributed by atoms with E-state index in [1.165, 1.54) is 0 Å². The quantitative estimate of drug-likeness (QED) is 0.517. The molecule has 0 N–H and O–H groups in total. The molecule has 7 heteroatoms. The molecule has 4 rings (SSSR count). The second kappa shape index (κ2) is 7.10. The third-order valence-corrected chi connectivity index (χ3v) is 3.84. The number of nitrogens with zero attached hydrogens (tertiary/aromatic N) is 5. The minimum Gasteiger partial charge on any atom is -0.456 e. The number of pyridine rings is 2. The van der Waals surface area contributed by atoms with Crippen LogP contribution in [0.15, 0.2) is 67.1 Å². The molecule has 0 unspecified atom stereocenters. The maximum absolute atomic E-state index is 12.2. The van der Waals surface area contributed by atoms with Gasteiger partial charge in [-0.15, -0.1) is 5.10 Å². The highest BCUT2D eigenvalue weighted by molar-refractivity contribution is 5.86. The topological polar surface area (TPSA) is 82.8 Å². The Hall–Kier alpha value is -3.61. The highest BCUT2D eigenvalue weighted by Crippen LogP contribution is 2.14. The highest BCUT2D eigenvalue weighted by Gasteiger charge is 2.13. The van der Waals surface area contributed by atoms with Crippen LogP contribution in [0.4, 0.5) is 0 Å². The Bertz CT molecular complexity index is 1050. The fourth-order valence-corrected chi connectivity index (χ4v) is 2.56. The van der Waals surface area contributed by atoms with Gasteiger partial charge in [0, 0.05) is 17.8 Å². The molecule has 3 heterocycles. The Morgan fingerprint density at radius 1 is 1.04 bits per heavy atom. The number of esters is 1. The molecule has 26 heavy (non-hydrogen) atoms. The van der Waals surface area contributed by atoms with Crippen molar-refractivity contribution < 1.29 is 9.53 Å². The molecule has 1 aromatic carbocycles. The summed E-state index contributed by atoms with van der Waals surface area (Å²) in [7, 11) is 0. The molecule has 0 fully saturated rings. The lowest BCUT2D eigenvalue weighted by Crippen LogP contribution is -2.06. The molecule has 0 saturated heterocycles. The maximum Gasteiger partial charge on any atom is 0.360 e. The van der Waals surface area contributed by atoms with E-state index in [4.69, 9.17) is 4.74 Å². The van der Waals surface area contributed by atoms with Crippen LogP contribution >= 0.6 is 0 Å². The molecule has 0 aliphatic heterocycles. The molecule has 7 nitrogen and oxygen atoms in total. The minimum atomic E-state index is -0.511. The summed E-state index contributed by atoms with van der Waals surface area (Å²) in [4.78, 5) is 20.7. The third-order valence-electron chi connectivity index (χ3n) is 3.84. The van der Waals surface area contributed by atoms with Gasteiger partial charge in [0.15, 0.2) is 5.69 Å². The number of aromatic nitrogens is 5. The third kappa shape index (κ3) is 3.56. The van der Waals surface area contributed by atoms with Crippen LogP contribution in [0.3, 0.4) is 0 Å². The number of hydrogen-bond donors (Lipinski definition) is 0. The predicted octanol–water partition coefficient (Wildman–Crippen LogP) is 2.63. The number of benzene rings is 1. The summed E-state index contributed by atoms with van der Waals surface area (Å²) in [6.07, 6.45) is 5.01. The molecule has 128 valence electrons. The molecule has 0 atom stereocenters. The number of fused-ring (bicyclic) bond motifs is 1. The van der Waals surface area contributed by atoms with E-state index < -0.39 is 5.97 Å². The van der Waals surface area contributed by atoms with Crippen LogP contribution in [0.5, 0.6) is 0 Å². The van der Waals surface area contributed by atoms with E-state index in [0.29, 0.717) is 6.54 Å². The van der Waals surface area contributed by atoms with Crippen molar-refractivity contribution in [1.29, 1.82) is 0 Å². The fraction of sp³-hybridized carbons (Fsp3) is 0.105. The Kier molecular flexibility index (Phi) is 4.34. The molecule has 0 aliphatic rings. The van der Waals surface area contributed by atoms with E-state index >= 15 is 0 Å². The molecular formula is C19H15N5O2. The number of carbonyl (C=O) groups is 1. The van der Waals surface area contributed by atoms with Gasteiger partial charge in [0.25, 0.3) is 0 Å². The monoisotopic (exact) mass is 345 g/mol. The fourth-order valence-electron chi connectivity index (χ4n) is 2.56. The van der Waals surface area contributed by atoms with E-state index in [9.17, 15) is 4.79 Å². The predicted molar refractivity (Wildman–Crippen MR) is 94.2 cm³/mol. The SMILES string of the molecule is O=C(OCc1ccc2ncccc2c1)c1cn(Cc2ccccn2)nn1. The first kappa shape index (κ1) is 15.9. The summed E-state index contributed by atoms with van der Waals surface area (Å²) in [5, 5.41) is 8.82. The van der Waals surface area contributed by atoms with Gasteiger partial charge < -0.3 is 4.74 Å². The molecule has 3 aromatic heterocycles. The molecule has 0 bridgehead atoms. The first-order chi connectivity index (χ1) is 12.8. The molecule has 0 aliphatic carbocycles. The summed E-state index contributed by atoms with van der Waals surface area (Å²) in [5.74, 6) is -0.511. The van der Waals surface area contributed by atoms with Crippen LogP contribution < -0.4 is 0 Å². The average molecular weight is 345 g/mol. The Labute approximate surface area is 149 Å². The Morgan fingerprint density at radius 3 is 2.85 bits per heavy atom. The van der Waals surface area contributed by atoms with Crippen LogP contribution in [0.1, 0.15) is 21.7 Å². The summed E-state index contributed by atoms with van der Waals surface area (Å²) in [6.45, 7) is 0.607. The summed E-state index contributed by atoms with van der Waals surface area (Å²) >= 11 is 0. The van der Waals surface area contributed by atoms with E-state index in [-0.39, 0.29) is 12.3 Å². The van der Waals surface area contributed by atoms with Gasteiger partial charge in [-0.3, -0.25) is 9.97 Å².